The van der Waals surface area contributed by atoms with Gasteiger partial charge in [-0.05, 0) is 52.9 Å². The minimum atomic E-state index is -0.638. The summed E-state index contributed by atoms with van der Waals surface area (Å²) >= 11 is 0. The number of hydrogen-bond acceptors (Lipinski definition) is 9. The highest BCUT2D eigenvalue weighted by Gasteiger charge is 2.51. The number of nitrogens with zero attached hydrogens (tertiary/aromatic N) is 6. The second-order valence-corrected chi connectivity index (χ2v) is 8.31. The van der Waals surface area contributed by atoms with E-state index in [1.807, 2.05) is 49.3 Å². The van der Waals surface area contributed by atoms with Crippen molar-refractivity contribution < 1.29 is 19.0 Å². The molecule has 2 fully saturated rings. The first-order chi connectivity index (χ1) is 16.5. The molecular weight excluding hydrogens is 438 g/mol. The van der Waals surface area contributed by atoms with Gasteiger partial charge in [0, 0.05) is 31.0 Å². The summed E-state index contributed by atoms with van der Waals surface area (Å²) in [4.78, 5) is 14.4. The van der Waals surface area contributed by atoms with E-state index in [-0.39, 0.29) is 18.8 Å². The number of nitriles is 1. The molecule has 3 aromatic rings. The Labute approximate surface area is 195 Å². The van der Waals surface area contributed by atoms with Gasteiger partial charge in [-0.25, -0.2) is 9.48 Å². The average Bonchev–Trinajstić information content (AvgIpc) is 3.57. The molecule has 0 spiro atoms. The quantitative estimate of drug-likeness (QED) is 0.608. The summed E-state index contributed by atoms with van der Waals surface area (Å²) in [6.07, 6.45) is -2.01. The fourth-order valence-electron chi connectivity index (χ4n) is 4.22. The van der Waals surface area contributed by atoms with Gasteiger partial charge in [-0.2, -0.15) is 5.26 Å². The Morgan fingerprint density at radius 3 is 2.74 bits per heavy atom. The van der Waals surface area contributed by atoms with Gasteiger partial charge in [-0.3, -0.25) is 5.32 Å². The summed E-state index contributed by atoms with van der Waals surface area (Å²) in [6.45, 7) is 0.529. The number of anilines is 2. The van der Waals surface area contributed by atoms with Crippen LogP contribution in [0.3, 0.4) is 0 Å². The topological polar surface area (TPSA) is 127 Å². The van der Waals surface area contributed by atoms with Gasteiger partial charge in [0.2, 0.25) is 0 Å². The molecule has 0 radical (unpaired) electrons. The third kappa shape index (κ3) is 4.16. The molecule has 4 unspecified atom stereocenters. The number of fused-ring (bicyclic) bond motifs is 1. The fraction of sp³-hybridized carbons (Fsp3) is 0.348. The van der Waals surface area contributed by atoms with E-state index in [1.165, 1.54) is 0 Å². The third-order valence-corrected chi connectivity index (χ3v) is 5.93. The third-order valence-electron chi connectivity index (χ3n) is 5.93. The minimum Gasteiger partial charge on any atom is -0.441 e. The van der Waals surface area contributed by atoms with Crippen molar-refractivity contribution in [3.63, 3.8) is 0 Å². The molecule has 2 aliphatic rings. The number of benzene rings is 2. The summed E-state index contributed by atoms with van der Waals surface area (Å²) in [5, 5.41) is 23.9. The Morgan fingerprint density at radius 2 is 1.97 bits per heavy atom. The van der Waals surface area contributed by atoms with Crippen molar-refractivity contribution in [1.29, 1.82) is 5.26 Å². The van der Waals surface area contributed by atoms with Gasteiger partial charge >= 0.3 is 6.09 Å². The van der Waals surface area contributed by atoms with Gasteiger partial charge in [0.1, 0.15) is 18.2 Å². The molecule has 11 heteroatoms. The van der Waals surface area contributed by atoms with E-state index >= 15 is 0 Å². The van der Waals surface area contributed by atoms with Crippen LogP contribution in [0.5, 0.6) is 0 Å². The van der Waals surface area contributed by atoms with Crippen LogP contribution in [0.2, 0.25) is 0 Å². The van der Waals surface area contributed by atoms with Crippen LogP contribution in [0, 0.1) is 11.3 Å². The smallest absolute Gasteiger partial charge is 0.412 e. The zero-order chi connectivity index (χ0) is 23.7. The molecule has 2 aliphatic heterocycles. The number of nitrogens with one attached hydrogen (secondary N) is 1. The molecule has 2 aromatic carbocycles. The van der Waals surface area contributed by atoms with E-state index < -0.39 is 18.3 Å². The lowest BCUT2D eigenvalue weighted by Crippen LogP contribution is -2.35. The van der Waals surface area contributed by atoms with Crippen LogP contribution in [0.1, 0.15) is 11.6 Å². The van der Waals surface area contributed by atoms with E-state index in [4.69, 9.17) is 19.5 Å². The van der Waals surface area contributed by atoms with Crippen LogP contribution in [0.25, 0.3) is 11.4 Å². The molecule has 4 atom stereocenters. The van der Waals surface area contributed by atoms with Crippen LogP contribution >= 0.6 is 0 Å². The van der Waals surface area contributed by atoms with Gasteiger partial charge in [0.05, 0.1) is 24.8 Å². The molecule has 0 bridgehead atoms. The van der Waals surface area contributed by atoms with E-state index in [2.05, 4.69) is 20.8 Å². The van der Waals surface area contributed by atoms with Crippen LogP contribution in [-0.2, 0) is 14.2 Å². The number of rotatable bonds is 5. The maximum atomic E-state index is 12.4. The molecule has 3 heterocycles. The molecule has 0 saturated carbocycles. The maximum Gasteiger partial charge on any atom is 0.412 e. The number of aromatic nitrogens is 4. The van der Waals surface area contributed by atoms with E-state index in [1.54, 1.807) is 28.9 Å². The summed E-state index contributed by atoms with van der Waals surface area (Å²) in [5.41, 5.74) is 2.87. The minimum absolute atomic E-state index is 0.201. The van der Waals surface area contributed by atoms with Crippen LogP contribution < -0.4 is 10.2 Å². The number of carbonyl (C=O) groups excluding carboxylic acids is 1. The summed E-state index contributed by atoms with van der Waals surface area (Å²) in [6, 6.07) is 16.3. The standard InChI is InChI=1S/C23H23N7O4/c1-29(2)17-8-6-15(7-9-17)22-26-27-28-30(22)18-12-32-21-19(13-33-20(18)21)34-23(31)25-16-5-3-4-14(10-16)11-24/h3-10,18-21H,12-13H2,1-2H3,(H,25,31). The van der Waals surface area contributed by atoms with Crippen molar-refractivity contribution in [3.8, 4) is 17.5 Å². The van der Waals surface area contributed by atoms with Crippen molar-refractivity contribution in [3.05, 3.63) is 54.1 Å². The highest BCUT2D eigenvalue weighted by Crippen LogP contribution is 2.37. The van der Waals surface area contributed by atoms with E-state index in [0.29, 0.717) is 23.7 Å². The molecule has 0 aliphatic carbocycles. The number of carbonyl (C=O) groups is 1. The Morgan fingerprint density at radius 1 is 1.18 bits per heavy atom. The highest BCUT2D eigenvalue weighted by molar-refractivity contribution is 5.85. The number of ether oxygens (including phenoxy) is 3. The van der Waals surface area contributed by atoms with E-state index in [9.17, 15) is 4.79 Å². The van der Waals surface area contributed by atoms with Crippen molar-refractivity contribution in [1.82, 2.24) is 20.2 Å². The predicted molar refractivity (Wildman–Crippen MR) is 121 cm³/mol. The Bertz CT molecular complexity index is 1220. The van der Waals surface area contributed by atoms with Crippen LogP contribution in [0.15, 0.2) is 48.5 Å². The second kappa shape index (κ2) is 9.09. The number of amides is 1. The molecule has 1 amide bonds. The molecule has 34 heavy (non-hydrogen) atoms. The van der Waals surface area contributed by atoms with Gasteiger partial charge in [-0.15, -0.1) is 5.10 Å². The van der Waals surface area contributed by atoms with Crippen LogP contribution in [-0.4, -0.2) is 71.9 Å². The molecular formula is C23H23N7O4. The van der Waals surface area contributed by atoms with Gasteiger partial charge in [0.15, 0.2) is 11.9 Å². The predicted octanol–water partition coefficient (Wildman–Crippen LogP) is 2.23. The molecule has 174 valence electrons. The summed E-state index contributed by atoms with van der Waals surface area (Å²) in [7, 11) is 3.96. The van der Waals surface area contributed by atoms with Gasteiger partial charge in [0.25, 0.3) is 0 Å². The molecule has 2 saturated heterocycles. The van der Waals surface area contributed by atoms with Crippen LogP contribution in [0.4, 0.5) is 16.2 Å². The second-order valence-electron chi connectivity index (χ2n) is 8.31. The first kappa shape index (κ1) is 21.8. The lowest BCUT2D eigenvalue weighted by molar-refractivity contribution is 0.00774. The van der Waals surface area contributed by atoms with Crippen molar-refractivity contribution in [2.24, 2.45) is 0 Å². The van der Waals surface area contributed by atoms with Crippen molar-refractivity contribution >= 4 is 17.5 Å². The largest absolute Gasteiger partial charge is 0.441 e. The fourth-order valence-corrected chi connectivity index (χ4v) is 4.22. The Hall–Kier alpha value is -4.01. The monoisotopic (exact) mass is 461 g/mol. The molecule has 1 N–H and O–H groups in total. The highest BCUT2D eigenvalue weighted by atomic mass is 16.6. The zero-order valence-corrected chi connectivity index (χ0v) is 18.7. The lowest BCUT2D eigenvalue weighted by atomic mass is 10.1. The number of tetrazole rings is 1. The van der Waals surface area contributed by atoms with Gasteiger partial charge in [-0.1, -0.05) is 6.07 Å². The van der Waals surface area contributed by atoms with Crippen molar-refractivity contribution in [2.75, 3.05) is 37.5 Å². The Kier molecular flexibility index (Phi) is 5.83. The first-order valence-electron chi connectivity index (χ1n) is 10.8. The zero-order valence-electron chi connectivity index (χ0n) is 18.7. The molecule has 1 aromatic heterocycles. The lowest BCUT2D eigenvalue weighted by Gasteiger charge is -2.18. The summed E-state index contributed by atoms with van der Waals surface area (Å²) in [5.74, 6) is 0.614. The maximum absolute atomic E-state index is 12.4. The SMILES string of the molecule is CN(C)c1ccc(-c2nnnn2C2COC3C(OC(=O)Nc4cccc(C#N)c4)COC32)cc1. The molecule has 11 nitrogen and oxygen atoms in total. The molecule has 5 rings (SSSR count). The van der Waals surface area contributed by atoms with Crippen molar-refractivity contribution in [2.45, 2.75) is 24.4 Å². The normalized spacial score (nSPS) is 23.2. The first-order valence-corrected chi connectivity index (χ1v) is 10.8. The van der Waals surface area contributed by atoms with Gasteiger partial charge < -0.3 is 19.1 Å². The average molecular weight is 461 g/mol. The summed E-state index contributed by atoms with van der Waals surface area (Å²) < 4.78 is 19.2. The number of hydrogen-bond donors (Lipinski definition) is 1. The Balaban J connectivity index is 1.26. The van der Waals surface area contributed by atoms with E-state index in [0.717, 1.165) is 11.3 Å².